The van der Waals surface area contributed by atoms with Crippen molar-refractivity contribution in [3.63, 3.8) is 0 Å². The van der Waals surface area contributed by atoms with Crippen LogP contribution in [0.15, 0.2) is 122 Å². The van der Waals surface area contributed by atoms with Crippen LogP contribution in [0.4, 0.5) is 17.1 Å². The predicted octanol–water partition coefficient (Wildman–Crippen LogP) is 10.4. The minimum absolute atomic E-state index is 0.0447. The third-order valence-corrected chi connectivity index (χ3v) is 8.42. The van der Waals surface area contributed by atoms with E-state index < -0.39 is 0 Å². The summed E-state index contributed by atoms with van der Waals surface area (Å²) in [6.45, 7) is 6.90. The van der Waals surface area contributed by atoms with E-state index in [-0.39, 0.29) is 5.41 Å². The van der Waals surface area contributed by atoms with Crippen LogP contribution in [-0.4, -0.2) is 9.97 Å². The molecule has 8 rings (SSSR count). The molecule has 0 spiro atoms. The van der Waals surface area contributed by atoms with Gasteiger partial charge in [0, 0.05) is 28.6 Å². The molecule has 6 aromatic carbocycles. The number of aromatic nitrogens is 2. The topological polar surface area (TPSA) is 29.0 Å². The number of hydrogen-bond donors (Lipinski definition) is 0. The van der Waals surface area contributed by atoms with Crippen molar-refractivity contribution >= 4 is 71.2 Å². The van der Waals surface area contributed by atoms with Gasteiger partial charge in [-0.1, -0.05) is 99.6 Å². The van der Waals surface area contributed by atoms with E-state index in [9.17, 15) is 0 Å². The van der Waals surface area contributed by atoms with Crippen LogP contribution in [0.25, 0.3) is 54.1 Å². The molecule has 2 aromatic heterocycles. The van der Waals surface area contributed by atoms with Crippen LogP contribution in [0.5, 0.6) is 0 Å². The van der Waals surface area contributed by atoms with E-state index in [1.165, 1.54) is 37.9 Å². The van der Waals surface area contributed by atoms with Crippen LogP contribution in [0, 0.1) is 0 Å². The molecular formula is C38H29N3. The molecule has 2 heterocycles. The third kappa shape index (κ3) is 3.59. The zero-order chi connectivity index (χ0) is 27.7. The first kappa shape index (κ1) is 23.8. The summed E-state index contributed by atoms with van der Waals surface area (Å²) in [6.07, 6.45) is 3.83. The van der Waals surface area contributed by atoms with Gasteiger partial charge in [-0.3, -0.25) is 9.97 Å². The number of pyridine rings is 2. The van der Waals surface area contributed by atoms with E-state index >= 15 is 0 Å². The molecule has 41 heavy (non-hydrogen) atoms. The van der Waals surface area contributed by atoms with E-state index in [1.807, 2.05) is 24.5 Å². The second-order valence-corrected chi connectivity index (χ2v) is 11.9. The number of rotatable bonds is 3. The Kier molecular flexibility index (Phi) is 5.08. The van der Waals surface area contributed by atoms with Crippen molar-refractivity contribution in [2.75, 3.05) is 4.90 Å². The predicted molar refractivity (Wildman–Crippen MR) is 174 cm³/mol. The van der Waals surface area contributed by atoms with E-state index in [0.29, 0.717) is 0 Å². The highest BCUT2D eigenvalue weighted by molar-refractivity contribution is 6.26. The largest absolute Gasteiger partial charge is 0.308 e. The van der Waals surface area contributed by atoms with E-state index in [1.54, 1.807) is 0 Å². The molecule has 0 aliphatic carbocycles. The molecule has 0 N–H and O–H groups in total. The first-order valence-electron chi connectivity index (χ1n) is 14.2. The van der Waals surface area contributed by atoms with Crippen molar-refractivity contribution in [1.82, 2.24) is 9.97 Å². The number of nitrogens with zero attached hydrogens (tertiary/aromatic N) is 3. The van der Waals surface area contributed by atoms with E-state index in [0.717, 1.165) is 38.9 Å². The normalized spacial score (nSPS) is 12.3. The molecule has 0 aliphatic heterocycles. The maximum absolute atomic E-state index is 4.70. The Balaban J connectivity index is 1.52. The molecule has 8 aromatic rings. The zero-order valence-corrected chi connectivity index (χ0v) is 23.4. The highest BCUT2D eigenvalue weighted by Gasteiger charge is 2.23. The van der Waals surface area contributed by atoms with Crippen molar-refractivity contribution in [3.8, 4) is 0 Å². The maximum atomic E-state index is 4.70. The summed E-state index contributed by atoms with van der Waals surface area (Å²) in [5, 5.41) is 9.96. The minimum Gasteiger partial charge on any atom is -0.308 e. The highest BCUT2D eigenvalue weighted by Crippen LogP contribution is 2.47. The number of benzene rings is 6. The van der Waals surface area contributed by atoms with Crippen molar-refractivity contribution in [1.29, 1.82) is 0 Å². The SMILES string of the molecule is CC(C)(C)c1ccc2ccc3c(N(c4ccnc5ccccc45)c4ccnc5ccccc45)ccc4ccc1c2c43. The second kappa shape index (κ2) is 8.74. The molecule has 0 aliphatic rings. The summed E-state index contributed by atoms with van der Waals surface area (Å²) in [5.41, 5.74) is 6.70. The molecule has 3 nitrogen and oxygen atoms in total. The fourth-order valence-electron chi connectivity index (χ4n) is 6.58. The van der Waals surface area contributed by atoms with Gasteiger partial charge in [0.2, 0.25) is 0 Å². The number of anilines is 3. The molecule has 0 saturated carbocycles. The summed E-state index contributed by atoms with van der Waals surface area (Å²) in [6, 6.07) is 39.4. The number of hydrogen-bond acceptors (Lipinski definition) is 3. The van der Waals surface area contributed by atoms with Crippen LogP contribution >= 0.6 is 0 Å². The van der Waals surface area contributed by atoms with Gasteiger partial charge < -0.3 is 4.90 Å². The summed E-state index contributed by atoms with van der Waals surface area (Å²) in [5.74, 6) is 0. The van der Waals surface area contributed by atoms with Crippen molar-refractivity contribution in [2.45, 2.75) is 26.2 Å². The molecule has 0 unspecified atom stereocenters. The van der Waals surface area contributed by atoms with Crippen LogP contribution in [0.1, 0.15) is 26.3 Å². The Bertz CT molecular complexity index is 2170. The lowest BCUT2D eigenvalue weighted by Gasteiger charge is -2.30. The number of fused-ring (bicyclic) bond motifs is 2. The fraction of sp³-hybridized carbons (Fsp3) is 0.105. The highest BCUT2D eigenvalue weighted by atomic mass is 15.2. The second-order valence-electron chi connectivity index (χ2n) is 11.9. The average molecular weight is 528 g/mol. The first-order chi connectivity index (χ1) is 20.0. The maximum Gasteiger partial charge on any atom is 0.0723 e. The molecule has 3 heteroatoms. The monoisotopic (exact) mass is 527 g/mol. The van der Waals surface area contributed by atoms with Crippen LogP contribution in [0.3, 0.4) is 0 Å². The lowest BCUT2D eigenvalue weighted by Crippen LogP contribution is -2.13. The Morgan fingerprint density at radius 1 is 0.463 bits per heavy atom. The van der Waals surface area contributed by atoms with Crippen LogP contribution in [-0.2, 0) is 5.41 Å². The Morgan fingerprint density at radius 2 is 0.951 bits per heavy atom. The average Bonchev–Trinajstić information content (AvgIpc) is 3.00. The van der Waals surface area contributed by atoms with Gasteiger partial charge in [-0.05, 0) is 68.2 Å². The molecular weight excluding hydrogens is 498 g/mol. The lowest BCUT2D eigenvalue weighted by atomic mass is 9.81. The van der Waals surface area contributed by atoms with Crippen LogP contribution in [0.2, 0.25) is 0 Å². The van der Waals surface area contributed by atoms with Gasteiger partial charge in [-0.15, -0.1) is 0 Å². The molecule has 0 bridgehead atoms. The third-order valence-electron chi connectivity index (χ3n) is 8.42. The quantitative estimate of drug-likeness (QED) is 0.214. The van der Waals surface area contributed by atoms with Gasteiger partial charge in [0.05, 0.1) is 28.1 Å². The molecule has 196 valence electrons. The van der Waals surface area contributed by atoms with Gasteiger partial charge in [0.1, 0.15) is 0 Å². The first-order valence-corrected chi connectivity index (χ1v) is 14.2. The summed E-state index contributed by atoms with van der Waals surface area (Å²) < 4.78 is 0. The Hall–Kier alpha value is -5.02. The van der Waals surface area contributed by atoms with E-state index in [4.69, 9.17) is 9.97 Å². The zero-order valence-electron chi connectivity index (χ0n) is 23.4. The standard InChI is InChI=1S/C38H29N3/c1-38(2,3)30-18-14-24-13-17-29-33(19-15-25-12-16-26(30)36(24)37(25)29)41(34-20-22-39-31-10-6-4-8-27(31)34)35-21-23-40-32-11-7-5-9-28(32)35/h4-23H,1-3H3. The fourth-order valence-corrected chi connectivity index (χ4v) is 6.58. The molecule has 0 saturated heterocycles. The van der Waals surface area contributed by atoms with Crippen LogP contribution < -0.4 is 4.90 Å². The smallest absolute Gasteiger partial charge is 0.0723 e. The minimum atomic E-state index is 0.0447. The Morgan fingerprint density at radius 3 is 1.56 bits per heavy atom. The molecule has 0 atom stereocenters. The summed E-state index contributed by atoms with van der Waals surface area (Å²) in [7, 11) is 0. The summed E-state index contributed by atoms with van der Waals surface area (Å²) in [4.78, 5) is 11.8. The number of para-hydroxylation sites is 2. The van der Waals surface area contributed by atoms with Crippen molar-refractivity contribution in [3.05, 3.63) is 127 Å². The van der Waals surface area contributed by atoms with Gasteiger partial charge in [-0.2, -0.15) is 0 Å². The van der Waals surface area contributed by atoms with E-state index in [2.05, 4.69) is 123 Å². The van der Waals surface area contributed by atoms with Crippen molar-refractivity contribution in [2.24, 2.45) is 0 Å². The lowest BCUT2D eigenvalue weighted by molar-refractivity contribution is 0.596. The molecule has 0 amide bonds. The van der Waals surface area contributed by atoms with Gasteiger partial charge in [0.15, 0.2) is 0 Å². The molecule has 0 radical (unpaired) electrons. The molecule has 0 fully saturated rings. The van der Waals surface area contributed by atoms with Crippen molar-refractivity contribution < 1.29 is 0 Å². The van der Waals surface area contributed by atoms with Gasteiger partial charge >= 0.3 is 0 Å². The summed E-state index contributed by atoms with van der Waals surface area (Å²) >= 11 is 0. The van der Waals surface area contributed by atoms with Gasteiger partial charge in [-0.25, -0.2) is 0 Å². The van der Waals surface area contributed by atoms with Gasteiger partial charge in [0.25, 0.3) is 0 Å². The Labute approximate surface area is 239 Å².